The predicted octanol–water partition coefficient (Wildman–Crippen LogP) is 2.80. The lowest BCUT2D eigenvalue weighted by Gasteiger charge is -2.11. The molecule has 4 aromatic rings. The Morgan fingerprint density at radius 3 is 2.97 bits per heavy atom. The number of hydrogen-bond acceptors (Lipinski definition) is 6. The topological polar surface area (TPSA) is 107 Å². The van der Waals surface area contributed by atoms with E-state index in [0.29, 0.717) is 36.8 Å². The second-order valence-corrected chi connectivity index (χ2v) is 7.43. The van der Waals surface area contributed by atoms with Gasteiger partial charge in [-0.3, -0.25) is 14.6 Å². The van der Waals surface area contributed by atoms with Crippen LogP contribution in [0.2, 0.25) is 0 Å². The molecule has 3 aromatic heterocycles. The average Bonchev–Trinajstić information content (AvgIpc) is 3.39. The highest BCUT2D eigenvalue weighted by Crippen LogP contribution is 2.29. The van der Waals surface area contributed by atoms with Crippen molar-refractivity contribution in [3.63, 3.8) is 0 Å². The Morgan fingerprint density at radius 1 is 1.19 bits per heavy atom. The summed E-state index contributed by atoms with van der Waals surface area (Å²) in [6.07, 6.45) is 7.09. The van der Waals surface area contributed by atoms with Crippen molar-refractivity contribution >= 4 is 29.0 Å². The molecule has 0 aliphatic carbocycles. The number of ether oxygens (including phenoxy) is 2. The van der Waals surface area contributed by atoms with Gasteiger partial charge >= 0.3 is 0 Å². The van der Waals surface area contributed by atoms with Gasteiger partial charge in [0, 0.05) is 36.8 Å². The molecule has 0 unspecified atom stereocenters. The fraction of sp³-hybridized carbons (Fsp3) is 0.217. The number of carbonyl (C=O) groups is 1. The normalized spacial score (nSPS) is 14.7. The smallest absolute Gasteiger partial charge is 0.252 e. The lowest BCUT2D eigenvalue weighted by atomic mass is 10.0. The molecule has 32 heavy (non-hydrogen) atoms. The molecular weight excluding hydrogens is 408 g/mol. The van der Waals surface area contributed by atoms with E-state index in [2.05, 4.69) is 31.7 Å². The molecule has 0 atom stereocenters. The molecule has 1 aliphatic rings. The van der Waals surface area contributed by atoms with Gasteiger partial charge in [0.2, 0.25) is 5.88 Å². The van der Waals surface area contributed by atoms with Crippen LogP contribution in [0, 0.1) is 0 Å². The quantitative estimate of drug-likeness (QED) is 0.481. The van der Waals surface area contributed by atoms with E-state index < -0.39 is 0 Å². The maximum atomic E-state index is 12.1. The molecule has 0 radical (unpaired) electrons. The zero-order valence-electron chi connectivity index (χ0n) is 17.8. The summed E-state index contributed by atoms with van der Waals surface area (Å²) in [5.41, 5.74) is 5.86. The van der Waals surface area contributed by atoms with Crippen LogP contribution in [0.4, 0.5) is 0 Å². The SMILES string of the molecule is CNC(=O)c1cnc2c(c1)/C=C/c1n[nH]c3ccc(cc13)-c1cnn(C)c1COCCO2. The number of nitrogens with zero attached hydrogens (tertiary/aromatic N) is 4. The van der Waals surface area contributed by atoms with Crippen LogP contribution >= 0.6 is 0 Å². The minimum absolute atomic E-state index is 0.214. The van der Waals surface area contributed by atoms with Gasteiger partial charge in [0.05, 0.1) is 41.9 Å². The van der Waals surface area contributed by atoms with E-state index in [1.165, 1.54) is 6.20 Å². The monoisotopic (exact) mass is 430 g/mol. The van der Waals surface area contributed by atoms with Crippen molar-refractivity contribution in [1.29, 1.82) is 0 Å². The number of aromatic amines is 1. The van der Waals surface area contributed by atoms with Crippen LogP contribution < -0.4 is 10.1 Å². The van der Waals surface area contributed by atoms with Crippen molar-refractivity contribution < 1.29 is 14.3 Å². The Labute approximate surface area is 184 Å². The number of rotatable bonds is 1. The fourth-order valence-electron chi connectivity index (χ4n) is 3.72. The molecule has 2 N–H and O–H groups in total. The minimum atomic E-state index is -0.214. The number of fused-ring (bicyclic) bond motifs is 4. The number of hydrogen-bond donors (Lipinski definition) is 2. The number of amides is 1. The van der Waals surface area contributed by atoms with Gasteiger partial charge in [0.25, 0.3) is 5.91 Å². The van der Waals surface area contributed by atoms with E-state index >= 15 is 0 Å². The first-order valence-corrected chi connectivity index (χ1v) is 10.2. The number of aromatic nitrogens is 5. The number of aryl methyl sites for hydroxylation is 1. The van der Waals surface area contributed by atoms with Crippen molar-refractivity contribution in [2.24, 2.45) is 7.05 Å². The molecule has 162 valence electrons. The zero-order valence-corrected chi connectivity index (χ0v) is 17.8. The Balaban J connectivity index is 1.63. The van der Waals surface area contributed by atoms with E-state index in [1.54, 1.807) is 13.1 Å². The molecule has 4 heterocycles. The summed E-state index contributed by atoms with van der Waals surface area (Å²) in [4.78, 5) is 16.4. The first-order chi connectivity index (χ1) is 15.6. The molecule has 0 spiro atoms. The van der Waals surface area contributed by atoms with Crippen LogP contribution in [0.15, 0.2) is 36.7 Å². The Kier molecular flexibility index (Phi) is 5.16. The number of benzene rings is 1. The van der Waals surface area contributed by atoms with Crippen molar-refractivity contribution in [2.75, 3.05) is 20.3 Å². The summed E-state index contributed by atoms with van der Waals surface area (Å²) in [5, 5.41) is 15.5. The standard InChI is InChI=1S/C23H22N6O3/c1-24-22(30)16-9-15-4-6-20-17-10-14(3-5-19(17)27-28-20)18-12-26-29(2)21(18)13-31-7-8-32-23(15)25-11-16/h3-6,9-12H,7-8,13H2,1-2H3,(H,24,30)(H,27,28)/b6-4+. The summed E-state index contributed by atoms with van der Waals surface area (Å²) in [6, 6.07) is 7.89. The van der Waals surface area contributed by atoms with E-state index in [9.17, 15) is 4.79 Å². The van der Waals surface area contributed by atoms with Crippen LogP contribution in [0.3, 0.4) is 0 Å². The third-order valence-electron chi connectivity index (χ3n) is 5.46. The summed E-state index contributed by atoms with van der Waals surface area (Å²) in [5.74, 6) is 0.211. The maximum absolute atomic E-state index is 12.1. The molecule has 0 fully saturated rings. The van der Waals surface area contributed by atoms with Gasteiger partial charge < -0.3 is 14.8 Å². The highest BCUT2D eigenvalue weighted by Gasteiger charge is 2.15. The average molecular weight is 430 g/mol. The third-order valence-corrected chi connectivity index (χ3v) is 5.46. The maximum Gasteiger partial charge on any atom is 0.252 e. The molecule has 1 aromatic carbocycles. The van der Waals surface area contributed by atoms with E-state index in [0.717, 1.165) is 33.4 Å². The van der Waals surface area contributed by atoms with Crippen LogP contribution in [0.25, 0.3) is 34.2 Å². The van der Waals surface area contributed by atoms with Crippen LogP contribution in [0.5, 0.6) is 5.88 Å². The number of nitrogens with one attached hydrogen (secondary N) is 2. The second kappa shape index (κ2) is 8.27. The lowest BCUT2D eigenvalue weighted by Crippen LogP contribution is -2.18. The first-order valence-electron chi connectivity index (χ1n) is 10.2. The third kappa shape index (κ3) is 3.63. The summed E-state index contributed by atoms with van der Waals surface area (Å²) in [6.45, 7) is 1.10. The molecule has 5 rings (SSSR count). The van der Waals surface area contributed by atoms with Gasteiger partial charge in [0.1, 0.15) is 6.61 Å². The summed E-state index contributed by atoms with van der Waals surface area (Å²) >= 11 is 0. The zero-order chi connectivity index (χ0) is 22.1. The molecule has 1 aliphatic heterocycles. The van der Waals surface area contributed by atoms with Gasteiger partial charge in [0.15, 0.2) is 0 Å². The fourth-order valence-corrected chi connectivity index (χ4v) is 3.72. The number of pyridine rings is 1. The highest BCUT2D eigenvalue weighted by atomic mass is 16.5. The van der Waals surface area contributed by atoms with Gasteiger partial charge in [-0.15, -0.1) is 0 Å². The Bertz CT molecular complexity index is 1340. The van der Waals surface area contributed by atoms with Crippen molar-refractivity contribution in [3.8, 4) is 17.0 Å². The van der Waals surface area contributed by atoms with Crippen LogP contribution in [-0.2, 0) is 18.4 Å². The van der Waals surface area contributed by atoms with Crippen molar-refractivity contribution in [3.05, 3.63) is 59.2 Å². The number of H-pyrrole nitrogens is 1. The van der Waals surface area contributed by atoms with Gasteiger partial charge in [-0.25, -0.2) is 4.98 Å². The minimum Gasteiger partial charge on any atom is -0.475 e. The van der Waals surface area contributed by atoms with Crippen LogP contribution in [0.1, 0.15) is 27.3 Å². The molecule has 0 saturated heterocycles. The van der Waals surface area contributed by atoms with E-state index in [4.69, 9.17) is 9.47 Å². The summed E-state index contributed by atoms with van der Waals surface area (Å²) < 4.78 is 13.6. The molecule has 1 amide bonds. The van der Waals surface area contributed by atoms with Gasteiger partial charge in [-0.05, 0) is 35.9 Å². The van der Waals surface area contributed by atoms with Crippen LogP contribution in [-0.4, -0.2) is 51.1 Å². The van der Waals surface area contributed by atoms with Crippen molar-refractivity contribution in [1.82, 2.24) is 30.3 Å². The molecule has 0 saturated carbocycles. The lowest BCUT2D eigenvalue weighted by molar-refractivity contribution is 0.0838. The first kappa shape index (κ1) is 20.0. The van der Waals surface area contributed by atoms with Gasteiger partial charge in [-0.1, -0.05) is 6.07 Å². The Morgan fingerprint density at radius 2 is 2.09 bits per heavy atom. The molecule has 2 bridgehead atoms. The number of carbonyl (C=O) groups excluding carboxylic acids is 1. The van der Waals surface area contributed by atoms with E-state index in [-0.39, 0.29) is 5.91 Å². The highest BCUT2D eigenvalue weighted by molar-refractivity contribution is 5.96. The summed E-state index contributed by atoms with van der Waals surface area (Å²) in [7, 11) is 3.49. The van der Waals surface area contributed by atoms with Gasteiger partial charge in [-0.2, -0.15) is 10.2 Å². The Hall–Kier alpha value is -3.98. The second-order valence-electron chi connectivity index (χ2n) is 7.43. The largest absolute Gasteiger partial charge is 0.475 e. The molecular formula is C23H22N6O3. The van der Waals surface area contributed by atoms with Crippen molar-refractivity contribution in [2.45, 2.75) is 6.61 Å². The predicted molar refractivity (Wildman–Crippen MR) is 120 cm³/mol. The molecule has 9 heteroatoms. The molecule has 9 nitrogen and oxygen atoms in total. The van der Waals surface area contributed by atoms with E-state index in [1.807, 2.05) is 42.2 Å².